The Labute approximate surface area is 173 Å². The molecule has 5 nitrogen and oxygen atoms in total. The molecule has 4 fully saturated rings. The van der Waals surface area contributed by atoms with Gasteiger partial charge in [-0.3, -0.25) is 4.79 Å². The molecule has 0 bridgehead atoms. The molecule has 0 saturated heterocycles. The lowest BCUT2D eigenvalue weighted by atomic mass is 9.89. The summed E-state index contributed by atoms with van der Waals surface area (Å²) >= 11 is 0. The fraction of sp³-hybridized carbons (Fsp3) is 0.667. The highest BCUT2D eigenvalue weighted by Crippen LogP contribution is 2.72. The Bertz CT molecular complexity index is 1000. The van der Waals surface area contributed by atoms with Crippen LogP contribution in [0, 0.1) is 17.2 Å². The molecule has 0 heterocycles. The van der Waals surface area contributed by atoms with Crippen LogP contribution < -0.4 is 9.46 Å². The third-order valence-corrected chi connectivity index (χ3v) is 8.91. The second kappa shape index (κ2) is 6.61. The number of hydrogen-bond donors (Lipinski definition) is 1. The van der Waals surface area contributed by atoms with Crippen LogP contribution in [-0.4, -0.2) is 32.1 Å². The van der Waals surface area contributed by atoms with E-state index in [-0.39, 0.29) is 23.8 Å². The summed E-state index contributed by atoms with van der Waals surface area (Å²) in [6.07, 6.45) is 5.02. The van der Waals surface area contributed by atoms with Crippen LogP contribution in [0.5, 0.6) is 5.75 Å². The van der Waals surface area contributed by atoms with Crippen molar-refractivity contribution in [3.8, 4) is 5.75 Å². The van der Waals surface area contributed by atoms with E-state index < -0.39 is 44.3 Å². The van der Waals surface area contributed by atoms with Crippen LogP contribution in [0.1, 0.15) is 73.2 Å². The van der Waals surface area contributed by atoms with Crippen LogP contribution in [0.15, 0.2) is 12.1 Å². The maximum Gasteiger partial charge on any atom is 0.267 e. The van der Waals surface area contributed by atoms with Crippen molar-refractivity contribution in [1.29, 1.82) is 0 Å². The number of sulfonamides is 1. The molecule has 1 N–H and O–H groups in total. The second-order valence-corrected chi connectivity index (χ2v) is 11.1. The Kier molecular flexibility index (Phi) is 4.44. The van der Waals surface area contributed by atoms with Crippen LogP contribution in [0.25, 0.3) is 0 Å². The van der Waals surface area contributed by atoms with Crippen molar-refractivity contribution in [2.24, 2.45) is 11.3 Å². The summed E-state index contributed by atoms with van der Waals surface area (Å²) in [4.78, 5) is 12.4. The van der Waals surface area contributed by atoms with Crippen molar-refractivity contribution >= 4 is 15.9 Å². The average Bonchev–Trinajstić information content (AvgIpc) is 3.56. The Morgan fingerprint density at radius 1 is 1.13 bits per heavy atom. The lowest BCUT2D eigenvalue weighted by molar-refractivity contribution is 0.0368. The molecular formula is C21H24F3NO4S. The van der Waals surface area contributed by atoms with Crippen molar-refractivity contribution in [3.05, 3.63) is 29.1 Å². The predicted octanol–water partition coefficient (Wildman–Crippen LogP) is 4.13. The van der Waals surface area contributed by atoms with Gasteiger partial charge in [-0.1, -0.05) is 12.8 Å². The number of benzene rings is 1. The van der Waals surface area contributed by atoms with Gasteiger partial charge in [-0.05, 0) is 56.1 Å². The Hall–Kier alpha value is -1.77. The zero-order chi connectivity index (χ0) is 21.3. The van der Waals surface area contributed by atoms with Crippen molar-refractivity contribution in [1.82, 2.24) is 4.72 Å². The number of halogens is 3. The number of carbonyl (C=O) groups excluding carboxylic acids is 1. The molecule has 0 unspecified atom stereocenters. The smallest absolute Gasteiger partial charge is 0.267 e. The van der Waals surface area contributed by atoms with E-state index in [9.17, 15) is 26.4 Å². The first-order valence-electron chi connectivity index (χ1n) is 10.6. The highest BCUT2D eigenvalue weighted by molar-refractivity contribution is 7.91. The first-order chi connectivity index (χ1) is 14.2. The third kappa shape index (κ3) is 3.20. The zero-order valence-corrected chi connectivity index (χ0v) is 17.2. The van der Waals surface area contributed by atoms with Crippen LogP contribution in [0.3, 0.4) is 0 Å². The largest absolute Gasteiger partial charge is 0.492 e. The molecule has 1 amide bonds. The molecule has 0 aromatic heterocycles. The minimum absolute atomic E-state index is 0.0616. The molecule has 0 spiro atoms. The fourth-order valence-electron chi connectivity index (χ4n) is 4.88. The van der Waals surface area contributed by atoms with Gasteiger partial charge in [0.1, 0.15) is 18.2 Å². The highest BCUT2D eigenvalue weighted by Gasteiger charge is 2.80. The van der Waals surface area contributed by atoms with E-state index in [0.717, 1.165) is 31.7 Å². The molecule has 4 saturated carbocycles. The summed E-state index contributed by atoms with van der Waals surface area (Å²) in [6, 6.07) is 2.36. The molecule has 9 heteroatoms. The number of nitrogens with one attached hydrogen (secondary N) is 1. The summed E-state index contributed by atoms with van der Waals surface area (Å²) in [7, 11) is -3.80. The van der Waals surface area contributed by atoms with E-state index in [4.69, 9.17) is 4.74 Å². The van der Waals surface area contributed by atoms with Crippen molar-refractivity contribution in [2.45, 2.75) is 68.5 Å². The van der Waals surface area contributed by atoms with Gasteiger partial charge in [0, 0.05) is 12.0 Å². The molecular weight excluding hydrogens is 419 g/mol. The predicted molar refractivity (Wildman–Crippen MR) is 103 cm³/mol. The number of rotatable bonds is 7. The van der Waals surface area contributed by atoms with Crippen LogP contribution in [0.4, 0.5) is 13.2 Å². The van der Waals surface area contributed by atoms with Gasteiger partial charge in [0.05, 0.1) is 16.2 Å². The maximum atomic E-state index is 14.7. The van der Waals surface area contributed by atoms with Gasteiger partial charge >= 0.3 is 0 Å². The number of ether oxygens (including phenoxy) is 1. The van der Waals surface area contributed by atoms with Crippen LogP contribution in [0.2, 0.25) is 0 Å². The van der Waals surface area contributed by atoms with Crippen LogP contribution in [-0.2, 0) is 10.0 Å². The van der Waals surface area contributed by atoms with E-state index in [1.807, 2.05) is 4.72 Å². The molecule has 1 aromatic carbocycles. The normalized spacial score (nSPS) is 29.8. The van der Waals surface area contributed by atoms with Gasteiger partial charge in [0.15, 0.2) is 0 Å². The molecule has 30 heavy (non-hydrogen) atoms. The monoisotopic (exact) mass is 443 g/mol. The highest BCUT2D eigenvalue weighted by atomic mass is 32.2. The summed E-state index contributed by atoms with van der Waals surface area (Å²) in [5.41, 5.74) is -0.950. The standard InChI is InChI=1S/C21H24F3NO4S/c22-16-10-17(29-11-20-8-2-1-3-18(20)21(20,23)24)14(12-4-5-12)9-15(16)19(26)25-30(27,28)13-6-7-13/h9-10,12-13,18H,1-8,11H2,(H,25,26)/t18-,20-/m1/s1. The number of carbonyl (C=O) groups is 1. The van der Waals surface area contributed by atoms with Gasteiger partial charge in [0.2, 0.25) is 10.0 Å². The SMILES string of the molecule is O=C(NS(=O)(=O)C1CC1)c1cc(C2CC2)c(OC[C@]23CCCC[C@H]2C3(F)F)cc1F. The first-order valence-corrected chi connectivity index (χ1v) is 12.1. The quantitative estimate of drug-likeness (QED) is 0.688. The van der Waals surface area contributed by atoms with Gasteiger partial charge in [-0.15, -0.1) is 0 Å². The minimum Gasteiger partial charge on any atom is -0.492 e. The lowest BCUT2D eigenvalue weighted by Crippen LogP contribution is -2.33. The van der Waals surface area contributed by atoms with E-state index in [1.54, 1.807) is 0 Å². The number of amides is 1. The summed E-state index contributed by atoms with van der Waals surface area (Å²) in [5, 5.41) is -0.599. The van der Waals surface area contributed by atoms with Gasteiger partial charge in [0.25, 0.3) is 11.8 Å². The molecule has 0 radical (unpaired) electrons. The number of alkyl halides is 2. The van der Waals surface area contributed by atoms with Crippen LogP contribution >= 0.6 is 0 Å². The first kappa shape index (κ1) is 20.2. The van der Waals surface area contributed by atoms with Gasteiger partial charge in [-0.2, -0.15) is 0 Å². The average molecular weight is 443 g/mol. The molecule has 4 aliphatic rings. The van der Waals surface area contributed by atoms with Gasteiger partial charge < -0.3 is 4.74 Å². The van der Waals surface area contributed by atoms with E-state index in [0.29, 0.717) is 31.2 Å². The summed E-state index contributed by atoms with van der Waals surface area (Å²) in [6.45, 7) is -0.175. The molecule has 164 valence electrons. The van der Waals surface area contributed by atoms with Crippen molar-refractivity contribution in [2.75, 3.05) is 6.61 Å². The molecule has 5 rings (SSSR count). The molecule has 2 atom stereocenters. The van der Waals surface area contributed by atoms with Crippen molar-refractivity contribution < 1.29 is 31.1 Å². The van der Waals surface area contributed by atoms with E-state index >= 15 is 0 Å². The third-order valence-electron chi connectivity index (χ3n) is 7.10. The maximum absolute atomic E-state index is 14.7. The molecule has 4 aliphatic carbocycles. The van der Waals surface area contributed by atoms with Gasteiger partial charge in [-0.25, -0.2) is 26.3 Å². The second-order valence-electron chi connectivity index (χ2n) is 9.19. The summed E-state index contributed by atoms with van der Waals surface area (Å²) < 4.78 is 75.1. The van der Waals surface area contributed by atoms with Crippen molar-refractivity contribution in [3.63, 3.8) is 0 Å². The lowest BCUT2D eigenvalue weighted by Gasteiger charge is -2.22. The van der Waals surface area contributed by atoms with E-state index in [1.165, 1.54) is 6.07 Å². The Morgan fingerprint density at radius 2 is 1.87 bits per heavy atom. The zero-order valence-electron chi connectivity index (χ0n) is 16.4. The number of hydrogen-bond acceptors (Lipinski definition) is 4. The Balaban J connectivity index is 1.37. The topological polar surface area (TPSA) is 72.5 Å². The van der Waals surface area contributed by atoms with E-state index in [2.05, 4.69) is 0 Å². The molecule has 1 aromatic rings. The Morgan fingerprint density at radius 3 is 2.50 bits per heavy atom. The fourth-order valence-corrected chi connectivity index (χ4v) is 6.18. The number of fused-ring (bicyclic) bond motifs is 1. The molecule has 0 aliphatic heterocycles. The summed E-state index contributed by atoms with van der Waals surface area (Å²) in [5.74, 6) is -5.11. The minimum atomic E-state index is -3.80.